The molecule has 0 saturated heterocycles. The van der Waals surface area contributed by atoms with Gasteiger partial charge in [-0.2, -0.15) is 0 Å². The van der Waals surface area contributed by atoms with Gasteiger partial charge in [-0.1, -0.05) is 19.8 Å². The molecule has 0 radical (unpaired) electrons. The number of rotatable bonds is 6. The van der Waals surface area contributed by atoms with Gasteiger partial charge in [0, 0.05) is 12.0 Å². The third-order valence-corrected chi connectivity index (χ3v) is 4.38. The highest BCUT2D eigenvalue weighted by Gasteiger charge is 2.05. The Bertz CT molecular complexity index is 202. The van der Waals surface area contributed by atoms with Gasteiger partial charge in [0.2, 0.25) is 0 Å². The minimum atomic E-state index is -0.921. The molecule has 1 atom stereocenters. The molecule has 0 spiro atoms. The van der Waals surface area contributed by atoms with Gasteiger partial charge in [0.15, 0.2) is 0 Å². The van der Waals surface area contributed by atoms with E-state index < -0.39 is 10.8 Å². The van der Waals surface area contributed by atoms with E-state index in [0.717, 1.165) is 22.8 Å². The molecule has 78 valence electrons. The molecule has 0 bridgehead atoms. The van der Waals surface area contributed by atoms with Crippen molar-refractivity contribution in [3.8, 4) is 0 Å². The molecule has 0 heterocycles. The maximum absolute atomic E-state index is 11.2. The second-order valence-electron chi connectivity index (χ2n) is 2.93. The summed E-state index contributed by atoms with van der Waals surface area (Å²) in [4.78, 5) is 0. The zero-order valence-corrected chi connectivity index (χ0v) is 10.3. The van der Waals surface area contributed by atoms with Crippen LogP contribution in [-0.2, 0) is 10.8 Å². The van der Waals surface area contributed by atoms with E-state index in [9.17, 15) is 4.21 Å². The van der Waals surface area contributed by atoms with Crippen LogP contribution in [0.5, 0.6) is 0 Å². The predicted octanol–water partition coefficient (Wildman–Crippen LogP) is 2.44. The number of hydrogen-bond acceptors (Lipinski definition) is 3. The van der Waals surface area contributed by atoms with Gasteiger partial charge < -0.3 is 5.73 Å². The van der Waals surface area contributed by atoms with Crippen molar-refractivity contribution in [3.63, 3.8) is 0 Å². The van der Waals surface area contributed by atoms with Crippen LogP contribution in [0, 0.1) is 0 Å². The molecule has 0 aliphatic rings. The van der Waals surface area contributed by atoms with Crippen molar-refractivity contribution in [2.24, 2.45) is 5.73 Å². The normalized spacial score (nSPS) is 15.3. The summed E-state index contributed by atoms with van der Waals surface area (Å²) < 4.78 is 12.0. The molecular weight excluding hydrogens is 202 g/mol. The molecule has 1 unspecified atom stereocenters. The van der Waals surface area contributed by atoms with Gasteiger partial charge in [-0.15, -0.1) is 11.8 Å². The first-order chi connectivity index (χ1) is 6.13. The smallest absolute Gasteiger partial charge is 0.0898 e. The van der Waals surface area contributed by atoms with Gasteiger partial charge >= 0.3 is 0 Å². The lowest BCUT2D eigenvalue weighted by Gasteiger charge is -2.06. The SMILES string of the molecule is CCCCC/C(N)=C(/SC)S(C)=O. The maximum Gasteiger partial charge on any atom is 0.0898 e. The zero-order chi connectivity index (χ0) is 10.3. The van der Waals surface area contributed by atoms with Crippen molar-refractivity contribution >= 4 is 22.6 Å². The van der Waals surface area contributed by atoms with Gasteiger partial charge in [0.05, 0.1) is 15.0 Å². The Kier molecular flexibility index (Phi) is 7.47. The largest absolute Gasteiger partial charge is 0.401 e. The minimum absolute atomic E-state index is 0.807. The number of thioether (sulfide) groups is 1. The van der Waals surface area contributed by atoms with E-state index in [1.807, 2.05) is 6.26 Å². The van der Waals surface area contributed by atoms with Gasteiger partial charge in [-0.05, 0) is 19.1 Å². The molecule has 2 N–H and O–H groups in total. The van der Waals surface area contributed by atoms with Crippen LogP contribution in [0.4, 0.5) is 0 Å². The fourth-order valence-electron chi connectivity index (χ4n) is 1.10. The number of nitrogens with two attached hydrogens (primary N) is 1. The molecule has 0 amide bonds. The highest BCUT2D eigenvalue weighted by atomic mass is 32.2. The second-order valence-corrected chi connectivity index (χ2v) is 5.32. The van der Waals surface area contributed by atoms with Crippen LogP contribution in [0.1, 0.15) is 32.6 Å². The molecule has 0 rings (SSSR count). The molecule has 13 heavy (non-hydrogen) atoms. The van der Waals surface area contributed by atoms with Crippen LogP contribution in [0.2, 0.25) is 0 Å². The maximum atomic E-state index is 11.2. The van der Waals surface area contributed by atoms with Crippen LogP contribution < -0.4 is 5.73 Å². The van der Waals surface area contributed by atoms with Crippen LogP contribution in [0.3, 0.4) is 0 Å². The van der Waals surface area contributed by atoms with E-state index in [-0.39, 0.29) is 0 Å². The third-order valence-electron chi connectivity index (χ3n) is 1.76. The lowest BCUT2D eigenvalue weighted by molar-refractivity contribution is 0.689. The molecule has 0 saturated carbocycles. The first-order valence-corrected chi connectivity index (χ1v) is 7.27. The molecule has 0 aliphatic carbocycles. The summed E-state index contributed by atoms with van der Waals surface area (Å²) in [5.74, 6) is 0. The first kappa shape index (κ1) is 13.0. The van der Waals surface area contributed by atoms with Crippen molar-refractivity contribution in [2.75, 3.05) is 12.5 Å². The summed E-state index contributed by atoms with van der Waals surface area (Å²) in [7, 11) is -0.921. The molecule has 0 aromatic rings. The number of hydrogen-bond donors (Lipinski definition) is 1. The number of unbranched alkanes of at least 4 members (excludes halogenated alkanes) is 2. The Balaban J connectivity index is 4.14. The van der Waals surface area contributed by atoms with Gasteiger partial charge in [-0.25, -0.2) is 0 Å². The Morgan fingerprint density at radius 2 is 2.08 bits per heavy atom. The second kappa shape index (κ2) is 7.44. The monoisotopic (exact) mass is 221 g/mol. The Morgan fingerprint density at radius 3 is 2.46 bits per heavy atom. The Labute approximate surface area is 87.8 Å². The average molecular weight is 221 g/mol. The van der Waals surface area contributed by atoms with E-state index >= 15 is 0 Å². The summed E-state index contributed by atoms with van der Waals surface area (Å²) in [6.07, 6.45) is 7.96. The molecule has 0 aromatic heterocycles. The highest BCUT2D eigenvalue weighted by molar-refractivity contribution is 8.15. The van der Waals surface area contributed by atoms with Crippen molar-refractivity contribution in [3.05, 3.63) is 9.93 Å². The van der Waals surface area contributed by atoms with Crippen LogP contribution in [-0.4, -0.2) is 16.7 Å². The predicted molar refractivity (Wildman–Crippen MR) is 62.9 cm³/mol. The van der Waals surface area contributed by atoms with E-state index in [2.05, 4.69) is 6.92 Å². The molecular formula is C9H19NOS2. The standard InChI is InChI=1S/C9H19NOS2/c1-4-5-6-7-8(10)9(12-2)13(3)11/h4-7,10H2,1-3H3/b9-8+. The van der Waals surface area contributed by atoms with Crippen LogP contribution in [0.15, 0.2) is 9.93 Å². The fourth-order valence-corrected chi connectivity index (χ4v) is 2.87. The van der Waals surface area contributed by atoms with E-state index in [1.54, 1.807) is 6.26 Å². The molecule has 4 heteroatoms. The van der Waals surface area contributed by atoms with E-state index in [0.29, 0.717) is 0 Å². The Hall–Kier alpha value is 0.0400. The summed E-state index contributed by atoms with van der Waals surface area (Å²) >= 11 is 1.50. The van der Waals surface area contributed by atoms with Gasteiger partial charge in [0.25, 0.3) is 0 Å². The first-order valence-electron chi connectivity index (χ1n) is 4.49. The van der Waals surface area contributed by atoms with Gasteiger partial charge in [0.1, 0.15) is 0 Å². The summed E-state index contributed by atoms with van der Waals surface area (Å²) in [6.45, 7) is 2.16. The van der Waals surface area contributed by atoms with E-state index in [4.69, 9.17) is 5.73 Å². The van der Waals surface area contributed by atoms with Crippen molar-refractivity contribution in [1.82, 2.24) is 0 Å². The van der Waals surface area contributed by atoms with E-state index in [1.165, 1.54) is 24.6 Å². The molecule has 0 aliphatic heterocycles. The summed E-state index contributed by atoms with van der Waals surface area (Å²) in [5, 5.41) is 0. The highest BCUT2D eigenvalue weighted by Crippen LogP contribution is 2.20. The summed E-state index contributed by atoms with van der Waals surface area (Å²) in [6, 6.07) is 0. The lowest BCUT2D eigenvalue weighted by Crippen LogP contribution is -2.04. The van der Waals surface area contributed by atoms with Crippen LogP contribution >= 0.6 is 11.8 Å². The summed E-state index contributed by atoms with van der Waals surface area (Å²) in [5.41, 5.74) is 6.64. The zero-order valence-electron chi connectivity index (χ0n) is 8.63. The van der Waals surface area contributed by atoms with Crippen molar-refractivity contribution in [2.45, 2.75) is 32.6 Å². The molecule has 0 aromatic carbocycles. The fraction of sp³-hybridized carbons (Fsp3) is 0.778. The molecule has 2 nitrogen and oxygen atoms in total. The average Bonchev–Trinajstić information content (AvgIpc) is 2.05. The topological polar surface area (TPSA) is 43.1 Å². The molecule has 0 fully saturated rings. The van der Waals surface area contributed by atoms with Crippen molar-refractivity contribution in [1.29, 1.82) is 0 Å². The van der Waals surface area contributed by atoms with Crippen molar-refractivity contribution < 1.29 is 4.21 Å². The lowest BCUT2D eigenvalue weighted by atomic mass is 10.2. The number of allylic oxidation sites excluding steroid dienone is 1. The minimum Gasteiger partial charge on any atom is -0.401 e. The quantitative estimate of drug-likeness (QED) is 0.701. The van der Waals surface area contributed by atoms with Gasteiger partial charge in [-0.3, -0.25) is 4.21 Å². The van der Waals surface area contributed by atoms with Crippen LogP contribution in [0.25, 0.3) is 0 Å². The third kappa shape index (κ3) is 5.37. The Morgan fingerprint density at radius 1 is 1.46 bits per heavy atom.